The Bertz CT molecular complexity index is 349. The maximum absolute atomic E-state index is 5.53. The molecule has 76 valence electrons. The van der Waals surface area contributed by atoms with Crippen LogP contribution in [0.3, 0.4) is 0 Å². The molecule has 0 saturated carbocycles. The number of rotatable bonds is 4. The van der Waals surface area contributed by atoms with Gasteiger partial charge in [0.1, 0.15) is 5.75 Å². The van der Waals surface area contributed by atoms with E-state index < -0.39 is 0 Å². The first-order valence-electron chi connectivity index (χ1n) is 4.87. The first-order chi connectivity index (χ1) is 7.45. The SMILES string of the molecule is c1cncc(OCCc2ccncc2)c1. The van der Waals surface area contributed by atoms with Crippen molar-refractivity contribution in [3.8, 4) is 5.75 Å². The van der Waals surface area contributed by atoms with E-state index in [1.54, 1.807) is 24.8 Å². The molecule has 2 heterocycles. The molecule has 2 aromatic heterocycles. The molecule has 0 aromatic carbocycles. The summed E-state index contributed by atoms with van der Waals surface area (Å²) in [7, 11) is 0. The van der Waals surface area contributed by atoms with Crippen molar-refractivity contribution in [3.05, 3.63) is 54.6 Å². The van der Waals surface area contributed by atoms with E-state index in [0.29, 0.717) is 6.61 Å². The van der Waals surface area contributed by atoms with Gasteiger partial charge in [0.05, 0.1) is 12.8 Å². The monoisotopic (exact) mass is 200 g/mol. The largest absolute Gasteiger partial charge is 0.492 e. The van der Waals surface area contributed by atoms with Crippen LogP contribution in [0.4, 0.5) is 0 Å². The van der Waals surface area contributed by atoms with Gasteiger partial charge in [0.15, 0.2) is 0 Å². The van der Waals surface area contributed by atoms with Crippen LogP contribution in [0.1, 0.15) is 5.56 Å². The summed E-state index contributed by atoms with van der Waals surface area (Å²) < 4.78 is 5.53. The molecule has 0 aliphatic heterocycles. The van der Waals surface area contributed by atoms with Crippen LogP contribution < -0.4 is 4.74 Å². The minimum Gasteiger partial charge on any atom is -0.492 e. The van der Waals surface area contributed by atoms with E-state index >= 15 is 0 Å². The van der Waals surface area contributed by atoms with Crippen molar-refractivity contribution in [2.24, 2.45) is 0 Å². The van der Waals surface area contributed by atoms with Crippen molar-refractivity contribution in [2.75, 3.05) is 6.61 Å². The van der Waals surface area contributed by atoms with Gasteiger partial charge >= 0.3 is 0 Å². The lowest BCUT2D eigenvalue weighted by Crippen LogP contribution is -2.01. The molecule has 3 nitrogen and oxygen atoms in total. The molecule has 0 atom stereocenters. The van der Waals surface area contributed by atoms with E-state index in [0.717, 1.165) is 12.2 Å². The highest BCUT2D eigenvalue weighted by Crippen LogP contribution is 2.07. The Hall–Kier alpha value is -1.90. The van der Waals surface area contributed by atoms with Crippen LogP contribution in [0.25, 0.3) is 0 Å². The van der Waals surface area contributed by atoms with E-state index in [1.807, 2.05) is 24.3 Å². The van der Waals surface area contributed by atoms with Gasteiger partial charge in [-0.25, -0.2) is 0 Å². The maximum atomic E-state index is 5.53. The second-order valence-corrected chi connectivity index (χ2v) is 3.14. The zero-order valence-corrected chi connectivity index (χ0v) is 8.34. The fourth-order valence-corrected chi connectivity index (χ4v) is 1.27. The van der Waals surface area contributed by atoms with Crippen LogP contribution in [-0.2, 0) is 6.42 Å². The summed E-state index contributed by atoms with van der Waals surface area (Å²) in [6, 6.07) is 7.75. The first kappa shape index (κ1) is 9.65. The quantitative estimate of drug-likeness (QED) is 0.758. The third-order valence-electron chi connectivity index (χ3n) is 2.04. The number of hydrogen-bond donors (Lipinski definition) is 0. The van der Waals surface area contributed by atoms with E-state index in [9.17, 15) is 0 Å². The standard InChI is InChI=1S/C12H12N2O/c1-2-12(10-14-6-1)15-9-5-11-3-7-13-8-4-11/h1-4,6-8,10H,5,9H2. The summed E-state index contributed by atoms with van der Waals surface area (Å²) in [4.78, 5) is 7.94. The predicted molar refractivity (Wildman–Crippen MR) is 57.7 cm³/mol. The summed E-state index contributed by atoms with van der Waals surface area (Å²) in [5.74, 6) is 0.812. The minimum atomic E-state index is 0.662. The fourth-order valence-electron chi connectivity index (χ4n) is 1.27. The predicted octanol–water partition coefficient (Wildman–Crippen LogP) is 2.10. The second-order valence-electron chi connectivity index (χ2n) is 3.14. The van der Waals surface area contributed by atoms with Crippen LogP contribution in [0, 0.1) is 0 Å². The number of nitrogens with zero attached hydrogens (tertiary/aromatic N) is 2. The lowest BCUT2D eigenvalue weighted by molar-refractivity contribution is 0.320. The van der Waals surface area contributed by atoms with Gasteiger partial charge < -0.3 is 4.74 Å². The molecule has 0 aliphatic carbocycles. The highest BCUT2D eigenvalue weighted by Gasteiger charge is 1.94. The summed E-state index contributed by atoms with van der Waals surface area (Å²) in [5, 5.41) is 0. The molecular formula is C12H12N2O. The Morgan fingerprint density at radius 1 is 1.00 bits per heavy atom. The van der Waals surface area contributed by atoms with Crippen molar-refractivity contribution >= 4 is 0 Å². The van der Waals surface area contributed by atoms with Crippen LogP contribution in [-0.4, -0.2) is 16.6 Å². The Labute approximate surface area is 88.8 Å². The van der Waals surface area contributed by atoms with Crippen LogP contribution in [0.5, 0.6) is 5.75 Å². The highest BCUT2D eigenvalue weighted by atomic mass is 16.5. The molecule has 0 radical (unpaired) electrons. The molecule has 0 aliphatic rings. The van der Waals surface area contributed by atoms with Gasteiger partial charge in [-0.1, -0.05) is 0 Å². The molecule has 0 fully saturated rings. The van der Waals surface area contributed by atoms with Crippen molar-refractivity contribution in [1.82, 2.24) is 9.97 Å². The molecule has 15 heavy (non-hydrogen) atoms. The van der Waals surface area contributed by atoms with Gasteiger partial charge in [-0.15, -0.1) is 0 Å². The van der Waals surface area contributed by atoms with Crippen LogP contribution in [0.15, 0.2) is 49.1 Å². The normalized spacial score (nSPS) is 9.87. The van der Waals surface area contributed by atoms with Gasteiger partial charge in [0.25, 0.3) is 0 Å². The van der Waals surface area contributed by atoms with E-state index in [2.05, 4.69) is 9.97 Å². The van der Waals surface area contributed by atoms with Gasteiger partial charge in [-0.2, -0.15) is 0 Å². The fraction of sp³-hybridized carbons (Fsp3) is 0.167. The van der Waals surface area contributed by atoms with Crippen molar-refractivity contribution in [2.45, 2.75) is 6.42 Å². The van der Waals surface area contributed by atoms with E-state index in [1.165, 1.54) is 5.56 Å². The molecule has 0 bridgehead atoms. The minimum absolute atomic E-state index is 0.662. The van der Waals surface area contributed by atoms with Crippen molar-refractivity contribution in [1.29, 1.82) is 0 Å². The third kappa shape index (κ3) is 3.06. The summed E-state index contributed by atoms with van der Waals surface area (Å²) >= 11 is 0. The summed E-state index contributed by atoms with van der Waals surface area (Å²) in [6.07, 6.45) is 7.92. The van der Waals surface area contributed by atoms with Gasteiger partial charge in [0, 0.05) is 25.0 Å². The van der Waals surface area contributed by atoms with Crippen molar-refractivity contribution < 1.29 is 4.74 Å². The molecule has 2 aromatic rings. The summed E-state index contributed by atoms with van der Waals surface area (Å²) in [6.45, 7) is 0.662. The maximum Gasteiger partial charge on any atom is 0.137 e. The number of ether oxygens (including phenoxy) is 1. The van der Waals surface area contributed by atoms with Gasteiger partial charge in [0.2, 0.25) is 0 Å². The Kier molecular flexibility index (Phi) is 3.28. The lowest BCUT2D eigenvalue weighted by atomic mass is 10.2. The first-order valence-corrected chi connectivity index (χ1v) is 4.87. The molecule has 3 heteroatoms. The molecule has 0 spiro atoms. The van der Waals surface area contributed by atoms with Gasteiger partial charge in [-0.05, 0) is 29.8 Å². The highest BCUT2D eigenvalue weighted by molar-refractivity contribution is 5.16. The zero-order valence-electron chi connectivity index (χ0n) is 8.34. The van der Waals surface area contributed by atoms with Crippen LogP contribution >= 0.6 is 0 Å². The zero-order chi connectivity index (χ0) is 10.3. The van der Waals surface area contributed by atoms with Crippen LogP contribution in [0.2, 0.25) is 0 Å². The second kappa shape index (κ2) is 5.10. The Morgan fingerprint density at radius 2 is 1.87 bits per heavy atom. The van der Waals surface area contributed by atoms with Gasteiger partial charge in [-0.3, -0.25) is 9.97 Å². The lowest BCUT2D eigenvalue weighted by Gasteiger charge is -2.04. The Morgan fingerprint density at radius 3 is 2.60 bits per heavy atom. The topological polar surface area (TPSA) is 35.0 Å². The van der Waals surface area contributed by atoms with E-state index in [4.69, 9.17) is 4.74 Å². The number of aromatic nitrogens is 2. The average molecular weight is 200 g/mol. The molecular weight excluding hydrogens is 188 g/mol. The molecule has 0 amide bonds. The number of hydrogen-bond acceptors (Lipinski definition) is 3. The van der Waals surface area contributed by atoms with E-state index in [-0.39, 0.29) is 0 Å². The molecule has 0 N–H and O–H groups in total. The number of pyridine rings is 2. The smallest absolute Gasteiger partial charge is 0.137 e. The molecule has 0 unspecified atom stereocenters. The molecule has 2 rings (SSSR count). The molecule has 0 saturated heterocycles. The third-order valence-corrected chi connectivity index (χ3v) is 2.04. The Balaban J connectivity index is 1.81. The van der Waals surface area contributed by atoms with Crippen molar-refractivity contribution in [3.63, 3.8) is 0 Å². The average Bonchev–Trinajstić information content (AvgIpc) is 2.32. The summed E-state index contributed by atoms with van der Waals surface area (Å²) in [5.41, 5.74) is 1.23.